The lowest BCUT2D eigenvalue weighted by Crippen LogP contribution is -2.46. The highest BCUT2D eigenvalue weighted by molar-refractivity contribution is 5.98. The molecule has 2 rings (SSSR count). The first-order chi connectivity index (χ1) is 11.1. The summed E-state index contributed by atoms with van der Waals surface area (Å²) in [4.78, 5) is 24.9. The van der Waals surface area contributed by atoms with Crippen molar-refractivity contribution in [2.75, 3.05) is 6.61 Å². The molecule has 0 fully saturated rings. The average Bonchev–Trinajstić information content (AvgIpc) is 3.05. The molecule has 1 aliphatic rings. The third-order valence-electron chi connectivity index (χ3n) is 4.49. The zero-order valence-corrected chi connectivity index (χ0v) is 13.9. The molecule has 0 radical (unpaired) electrons. The number of fused-ring (bicyclic) bond motifs is 1. The molecule has 124 valence electrons. The maximum atomic E-state index is 12.7. The molecule has 0 heterocycles. The number of amides is 1. The van der Waals surface area contributed by atoms with Crippen molar-refractivity contribution in [1.29, 1.82) is 0 Å². The Kier molecular flexibility index (Phi) is 5.97. The van der Waals surface area contributed by atoms with Crippen LogP contribution in [0, 0.1) is 5.92 Å². The van der Waals surface area contributed by atoms with E-state index >= 15 is 0 Å². The number of aryl methyl sites for hydroxylation is 1. The normalized spacial score (nSPS) is 15.4. The van der Waals surface area contributed by atoms with E-state index in [-0.39, 0.29) is 18.4 Å². The third-order valence-corrected chi connectivity index (χ3v) is 4.49. The smallest absolute Gasteiger partial charge is 0.329 e. The highest BCUT2D eigenvalue weighted by atomic mass is 16.5. The molecule has 0 aliphatic heterocycles. The minimum absolute atomic E-state index is 0.00743. The average molecular weight is 315 g/mol. The van der Waals surface area contributed by atoms with Gasteiger partial charge in [-0.15, -0.1) is 0 Å². The first-order valence-corrected chi connectivity index (χ1v) is 8.27. The Bertz CT molecular complexity index is 594. The third kappa shape index (κ3) is 4.01. The van der Waals surface area contributed by atoms with Gasteiger partial charge in [-0.25, -0.2) is 4.79 Å². The summed E-state index contributed by atoms with van der Waals surface area (Å²) < 4.78 is 5.13. The lowest BCUT2D eigenvalue weighted by Gasteiger charge is -2.23. The Balaban J connectivity index is 2.16. The predicted molar refractivity (Wildman–Crippen MR) is 90.3 cm³/mol. The molecule has 4 heteroatoms. The second-order valence-corrected chi connectivity index (χ2v) is 6.05. The Morgan fingerprint density at radius 1 is 1.39 bits per heavy atom. The van der Waals surface area contributed by atoms with Crippen LogP contribution < -0.4 is 5.32 Å². The molecule has 1 N–H and O–H groups in total. The van der Waals surface area contributed by atoms with Crippen LogP contribution in [-0.4, -0.2) is 24.5 Å². The number of carbonyl (C=O) groups excluding carboxylic acids is 2. The molecule has 4 nitrogen and oxygen atoms in total. The summed E-state index contributed by atoms with van der Waals surface area (Å²) >= 11 is 0. The van der Waals surface area contributed by atoms with E-state index < -0.39 is 12.0 Å². The fourth-order valence-electron chi connectivity index (χ4n) is 2.95. The van der Waals surface area contributed by atoms with E-state index in [0.29, 0.717) is 5.56 Å². The molecule has 1 aliphatic carbocycles. The maximum absolute atomic E-state index is 12.7. The Morgan fingerprint density at radius 2 is 2.17 bits per heavy atom. The quantitative estimate of drug-likeness (QED) is 0.621. The number of nitrogens with one attached hydrogen (secondary N) is 1. The maximum Gasteiger partial charge on any atom is 0.329 e. The molecule has 0 saturated carbocycles. The molecular weight excluding hydrogens is 290 g/mol. The number of rotatable bonds is 7. The van der Waals surface area contributed by atoms with Crippen molar-refractivity contribution >= 4 is 11.9 Å². The summed E-state index contributed by atoms with van der Waals surface area (Å²) in [5.74, 6) is -0.585. The van der Waals surface area contributed by atoms with E-state index in [1.165, 1.54) is 11.6 Å². The molecule has 1 aromatic rings. The Labute approximate surface area is 137 Å². The number of benzene rings is 1. The summed E-state index contributed by atoms with van der Waals surface area (Å²) in [5, 5.41) is 2.87. The summed E-state index contributed by atoms with van der Waals surface area (Å²) in [6, 6.07) is 5.18. The van der Waals surface area contributed by atoms with Gasteiger partial charge in [0.1, 0.15) is 12.6 Å². The van der Waals surface area contributed by atoms with Crippen LogP contribution in [0.3, 0.4) is 0 Å². The minimum Gasteiger partial charge on any atom is -0.460 e. The van der Waals surface area contributed by atoms with Gasteiger partial charge in [0, 0.05) is 5.56 Å². The topological polar surface area (TPSA) is 55.4 Å². The van der Waals surface area contributed by atoms with Gasteiger partial charge in [0.15, 0.2) is 0 Å². The van der Waals surface area contributed by atoms with Crippen molar-refractivity contribution in [1.82, 2.24) is 5.32 Å². The fourth-order valence-corrected chi connectivity index (χ4v) is 2.95. The van der Waals surface area contributed by atoms with Crippen LogP contribution in [0.5, 0.6) is 0 Å². The molecule has 2 atom stereocenters. The number of hydrogen-bond acceptors (Lipinski definition) is 3. The van der Waals surface area contributed by atoms with Gasteiger partial charge in [-0.05, 0) is 42.4 Å². The first kappa shape index (κ1) is 17.3. The van der Waals surface area contributed by atoms with Crippen molar-refractivity contribution in [2.45, 2.75) is 45.6 Å². The summed E-state index contributed by atoms with van der Waals surface area (Å²) in [5.41, 5.74) is 3.05. The molecule has 23 heavy (non-hydrogen) atoms. The largest absolute Gasteiger partial charge is 0.460 e. The van der Waals surface area contributed by atoms with Crippen LogP contribution in [0.2, 0.25) is 0 Å². The SMILES string of the molecule is C=CCOC(=O)[C@@H](NC(=O)c1cccc2c1CCC2)[C@@H](C)CC. The van der Waals surface area contributed by atoms with Gasteiger partial charge in [-0.2, -0.15) is 0 Å². The zero-order valence-electron chi connectivity index (χ0n) is 13.9. The minimum atomic E-state index is -0.635. The number of carbonyl (C=O) groups is 2. The zero-order chi connectivity index (χ0) is 16.8. The van der Waals surface area contributed by atoms with E-state index in [1.54, 1.807) is 0 Å². The molecule has 0 saturated heterocycles. The van der Waals surface area contributed by atoms with Crippen LogP contribution in [0.15, 0.2) is 30.9 Å². The number of esters is 1. The highest BCUT2D eigenvalue weighted by Gasteiger charge is 2.29. The second kappa shape index (κ2) is 7.95. The van der Waals surface area contributed by atoms with Crippen molar-refractivity contribution in [3.05, 3.63) is 47.5 Å². The van der Waals surface area contributed by atoms with Gasteiger partial charge in [0.05, 0.1) is 0 Å². The fraction of sp³-hybridized carbons (Fsp3) is 0.474. The van der Waals surface area contributed by atoms with Crippen molar-refractivity contribution in [3.8, 4) is 0 Å². The monoisotopic (exact) mass is 315 g/mol. The van der Waals surface area contributed by atoms with Gasteiger partial charge in [-0.1, -0.05) is 45.1 Å². The van der Waals surface area contributed by atoms with Gasteiger partial charge in [0.25, 0.3) is 5.91 Å². The Morgan fingerprint density at radius 3 is 2.87 bits per heavy atom. The molecule has 0 spiro atoms. The molecular formula is C19H25NO3. The van der Waals surface area contributed by atoms with Crippen molar-refractivity contribution in [2.24, 2.45) is 5.92 Å². The summed E-state index contributed by atoms with van der Waals surface area (Å²) in [6.45, 7) is 7.63. The Hall–Kier alpha value is -2.10. The molecule has 1 aromatic carbocycles. The van der Waals surface area contributed by atoms with Crippen molar-refractivity contribution < 1.29 is 14.3 Å². The number of hydrogen-bond donors (Lipinski definition) is 1. The van der Waals surface area contributed by atoms with Crippen LogP contribution >= 0.6 is 0 Å². The van der Waals surface area contributed by atoms with E-state index in [1.807, 2.05) is 26.0 Å². The van der Waals surface area contributed by atoms with E-state index in [4.69, 9.17) is 4.74 Å². The second-order valence-electron chi connectivity index (χ2n) is 6.05. The molecule has 1 amide bonds. The van der Waals surface area contributed by atoms with Gasteiger partial charge < -0.3 is 10.1 Å². The van der Waals surface area contributed by atoms with Crippen molar-refractivity contribution in [3.63, 3.8) is 0 Å². The lowest BCUT2D eigenvalue weighted by atomic mass is 9.97. The van der Waals surface area contributed by atoms with Crippen LogP contribution in [-0.2, 0) is 22.4 Å². The molecule has 0 bridgehead atoms. The lowest BCUT2D eigenvalue weighted by molar-refractivity contribution is -0.146. The van der Waals surface area contributed by atoms with Gasteiger partial charge in [-0.3, -0.25) is 4.79 Å². The van der Waals surface area contributed by atoms with Crippen LogP contribution in [0.4, 0.5) is 0 Å². The summed E-state index contributed by atoms with van der Waals surface area (Å²) in [6.07, 6.45) is 5.33. The molecule has 0 unspecified atom stereocenters. The van der Waals surface area contributed by atoms with E-state index in [9.17, 15) is 9.59 Å². The highest BCUT2D eigenvalue weighted by Crippen LogP contribution is 2.25. The van der Waals surface area contributed by atoms with E-state index in [0.717, 1.165) is 31.2 Å². The standard InChI is InChI=1S/C19H25NO3/c1-4-12-23-19(22)17(13(3)5-2)20-18(21)16-11-7-9-14-8-6-10-15(14)16/h4,7,9,11,13,17H,1,5-6,8,10,12H2,2-3H3,(H,20,21)/t13-,17-/m0/s1. The number of ether oxygens (including phenoxy) is 1. The first-order valence-electron chi connectivity index (χ1n) is 8.27. The van der Waals surface area contributed by atoms with Gasteiger partial charge >= 0.3 is 5.97 Å². The van der Waals surface area contributed by atoms with Crippen LogP contribution in [0.1, 0.15) is 48.2 Å². The van der Waals surface area contributed by atoms with Gasteiger partial charge in [0.2, 0.25) is 0 Å². The molecule has 0 aromatic heterocycles. The van der Waals surface area contributed by atoms with E-state index in [2.05, 4.69) is 18.0 Å². The van der Waals surface area contributed by atoms with Crippen LogP contribution in [0.25, 0.3) is 0 Å². The summed E-state index contributed by atoms with van der Waals surface area (Å²) in [7, 11) is 0. The predicted octanol–water partition coefficient (Wildman–Crippen LogP) is 3.05.